The van der Waals surface area contributed by atoms with E-state index in [2.05, 4.69) is 0 Å². The minimum Gasteiger partial charge on any atom is -0.333 e. The molecule has 1 aliphatic heterocycles. The molecule has 2 aliphatic rings. The maximum absolute atomic E-state index is 14.2. The lowest BCUT2D eigenvalue weighted by molar-refractivity contribution is -0.135. The van der Waals surface area contributed by atoms with Crippen LogP contribution in [0.1, 0.15) is 56.7 Å². The highest BCUT2D eigenvalue weighted by molar-refractivity contribution is 5.82. The van der Waals surface area contributed by atoms with Gasteiger partial charge in [-0.3, -0.25) is 4.79 Å². The Morgan fingerprint density at radius 1 is 1.10 bits per heavy atom. The molecule has 2 heterocycles. The highest BCUT2D eigenvalue weighted by Gasteiger charge is 2.36. The van der Waals surface area contributed by atoms with Crippen LogP contribution in [0.4, 0.5) is 15.9 Å². The molecule has 160 valence electrons. The second kappa shape index (κ2) is 9.13. The number of likely N-dealkylation sites (tertiary alicyclic amines) is 1. The molecular formula is C24H31FN4O. The van der Waals surface area contributed by atoms with Crippen molar-refractivity contribution in [2.45, 2.75) is 57.0 Å². The lowest BCUT2D eigenvalue weighted by Crippen LogP contribution is -2.48. The minimum atomic E-state index is -0.421. The Balaban J connectivity index is 1.53. The van der Waals surface area contributed by atoms with Gasteiger partial charge in [0.2, 0.25) is 5.91 Å². The number of rotatable bonds is 5. The summed E-state index contributed by atoms with van der Waals surface area (Å²) in [6, 6.07) is 11.9. The van der Waals surface area contributed by atoms with E-state index in [0.717, 1.165) is 37.9 Å². The molecule has 1 saturated carbocycles. The summed E-state index contributed by atoms with van der Waals surface area (Å²) >= 11 is 0. The van der Waals surface area contributed by atoms with Gasteiger partial charge in [-0.15, -0.1) is 0 Å². The van der Waals surface area contributed by atoms with Gasteiger partial charge in [0.15, 0.2) is 0 Å². The normalized spacial score (nSPS) is 20.9. The van der Waals surface area contributed by atoms with Crippen LogP contribution in [0.15, 0.2) is 42.5 Å². The number of hydrogen-bond donors (Lipinski definition) is 1. The van der Waals surface area contributed by atoms with E-state index in [9.17, 15) is 9.18 Å². The van der Waals surface area contributed by atoms with Crippen molar-refractivity contribution < 1.29 is 9.18 Å². The predicted octanol–water partition coefficient (Wildman–Crippen LogP) is 4.56. The number of nitrogens with two attached hydrogens (primary N) is 1. The third-order valence-electron chi connectivity index (χ3n) is 6.63. The molecule has 0 spiro atoms. The van der Waals surface area contributed by atoms with Crippen LogP contribution in [0, 0.1) is 11.7 Å². The number of nitrogens with zero attached hydrogens (tertiary/aromatic N) is 3. The van der Waals surface area contributed by atoms with Crippen LogP contribution in [-0.4, -0.2) is 35.4 Å². The molecule has 0 radical (unpaired) electrons. The fourth-order valence-electron chi connectivity index (χ4n) is 4.88. The predicted molar refractivity (Wildman–Crippen MR) is 117 cm³/mol. The van der Waals surface area contributed by atoms with Crippen molar-refractivity contribution in [1.29, 1.82) is 0 Å². The average Bonchev–Trinajstić information content (AvgIpc) is 3.28. The maximum Gasteiger partial charge on any atom is 0.240 e. The Morgan fingerprint density at radius 2 is 1.87 bits per heavy atom. The van der Waals surface area contributed by atoms with Gasteiger partial charge < -0.3 is 15.5 Å². The third-order valence-corrected chi connectivity index (χ3v) is 6.63. The van der Waals surface area contributed by atoms with E-state index in [1.54, 1.807) is 24.1 Å². The van der Waals surface area contributed by atoms with E-state index in [1.807, 2.05) is 29.2 Å². The highest BCUT2D eigenvalue weighted by Crippen LogP contribution is 2.35. The van der Waals surface area contributed by atoms with Gasteiger partial charge in [0.25, 0.3) is 0 Å². The molecule has 1 amide bonds. The Labute approximate surface area is 178 Å². The summed E-state index contributed by atoms with van der Waals surface area (Å²) in [4.78, 5) is 21.7. The molecule has 2 aromatic rings. The fourth-order valence-corrected chi connectivity index (χ4v) is 4.88. The Kier molecular flexibility index (Phi) is 6.32. The minimum absolute atomic E-state index is 0.0547. The largest absolute Gasteiger partial charge is 0.333 e. The molecular weight excluding hydrogens is 379 g/mol. The lowest BCUT2D eigenvalue weighted by Gasteiger charge is -2.32. The van der Waals surface area contributed by atoms with Crippen LogP contribution >= 0.6 is 0 Å². The van der Waals surface area contributed by atoms with E-state index < -0.39 is 6.04 Å². The molecule has 1 aromatic carbocycles. The van der Waals surface area contributed by atoms with Crippen molar-refractivity contribution in [2.24, 2.45) is 11.7 Å². The van der Waals surface area contributed by atoms with Crippen LogP contribution < -0.4 is 10.6 Å². The summed E-state index contributed by atoms with van der Waals surface area (Å²) in [5.74, 6) is 0.717. The summed E-state index contributed by atoms with van der Waals surface area (Å²) < 4.78 is 14.2. The average molecular weight is 411 g/mol. The molecule has 0 bridgehead atoms. The number of amides is 1. The number of hydrogen-bond acceptors (Lipinski definition) is 4. The van der Waals surface area contributed by atoms with Gasteiger partial charge in [-0.1, -0.05) is 37.5 Å². The maximum atomic E-state index is 14.2. The Morgan fingerprint density at radius 3 is 2.63 bits per heavy atom. The molecule has 4 rings (SSSR count). The molecule has 1 aromatic heterocycles. The van der Waals surface area contributed by atoms with E-state index in [-0.39, 0.29) is 17.8 Å². The first-order valence-electron chi connectivity index (χ1n) is 11.1. The fraction of sp³-hybridized carbons (Fsp3) is 0.500. The quantitative estimate of drug-likeness (QED) is 0.785. The SMILES string of the molecule is CN(c1cccc([C@@H]2CCCN2C(=O)[C@@H](N)C2CCCCC2)n1)c1ccccc1F. The summed E-state index contributed by atoms with van der Waals surface area (Å²) in [6.07, 6.45) is 7.50. The molecule has 1 aliphatic carbocycles. The molecule has 2 fully saturated rings. The molecule has 30 heavy (non-hydrogen) atoms. The van der Waals surface area contributed by atoms with E-state index >= 15 is 0 Å². The first kappa shape index (κ1) is 20.8. The lowest BCUT2D eigenvalue weighted by atomic mass is 9.83. The number of pyridine rings is 1. The monoisotopic (exact) mass is 410 g/mol. The Bertz CT molecular complexity index is 883. The van der Waals surface area contributed by atoms with Crippen molar-refractivity contribution in [3.8, 4) is 0 Å². The number of anilines is 2. The zero-order valence-corrected chi connectivity index (χ0v) is 17.6. The van der Waals surface area contributed by atoms with Crippen LogP contribution in [0.25, 0.3) is 0 Å². The van der Waals surface area contributed by atoms with Crippen LogP contribution in [0.3, 0.4) is 0 Å². The summed E-state index contributed by atoms with van der Waals surface area (Å²) in [7, 11) is 1.81. The van der Waals surface area contributed by atoms with Gasteiger partial charge in [-0.05, 0) is 55.9 Å². The number of carbonyl (C=O) groups is 1. The first-order valence-corrected chi connectivity index (χ1v) is 11.1. The molecule has 2 atom stereocenters. The van der Waals surface area contributed by atoms with Gasteiger partial charge in [-0.2, -0.15) is 0 Å². The third kappa shape index (κ3) is 4.19. The van der Waals surface area contributed by atoms with Crippen molar-refractivity contribution in [3.05, 3.63) is 54.0 Å². The Hall–Kier alpha value is -2.47. The standard InChI is InChI=1S/C24H31FN4O/c1-28(20-13-6-5-11-18(20)25)22-15-7-12-19(27-22)21-14-8-16-29(21)24(30)23(26)17-9-3-2-4-10-17/h5-7,11-13,15,17,21,23H,2-4,8-10,14,16,26H2,1H3/t21-,23-/m0/s1. The van der Waals surface area contributed by atoms with Crippen molar-refractivity contribution in [3.63, 3.8) is 0 Å². The second-order valence-corrected chi connectivity index (χ2v) is 8.54. The van der Waals surface area contributed by atoms with Crippen LogP contribution in [0.5, 0.6) is 0 Å². The second-order valence-electron chi connectivity index (χ2n) is 8.54. The number of benzene rings is 1. The smallest absolute Gasteiger partial charge is 0.240 e. The van der Waals surface area contributed by atoms with E-state index in [0.29, 0.717) is 17.4 Å². The van der Waals surface area contributed by atoms with E-state index in [4.69, 9.17) is 10.7 Å². The number of carbonyl (C=O) groups excluding carboxylic acids is 1. The van der Waals surface area contributed by atoms with Crippen molar-refractivity contribution >= 4 is 17.4 Å². The number of para-hydroxylation sites is 1. The zero-order valence-electron chi connectivity index (χ0n) is 17.6. The van der Waals surface area contributed by atoms with Gasteiger partial charge in [-0.25, -0.2) is 9.37 Å². The van der Waals surface area contributed by atoms with Gasteiger partial charge in [0.05, 0.1) is 23.5 Å². The molecule has 5 nitrogen and oxygen atoms in total. The first-order chi connectivity index (χ1) is 14.6. The van der Waals surface area contributed by atoms with Crippen molar-refractivity contribution in [2.75, 3.05) is 18.5 Å². The van der Waals surface area contributed by atoms with Gasteiger partial charge >= 0.3 is 0 Å². The van der Waals surface area contributed by atoms with Crippen LogP contribution in [0.2, 0.25) is 0 Å². The zero-order chi connectivity index (χ0) is 21.1. The molecule has 0 unspecified atom stereocenters. The van der Waals surface area contributed by atoms with Gasteiger partial charge in [0, 0.05) is 13.6 Å². The van der Waals surface area contributed by atoms with Crippen LogP contribution in [-0.2, 0) is 4.79 Å². The molecule has 6 heteroatoms. The number of halogens is 1. The summed E-state index contributed by atoms with van der Waals surface area (Å²) in [6.45, 7) is 0.721. The highest BCUT2D eigenvalue weighted by atomic mass is 19.1. The topological polar surface area (TPSA) is 62.5 Å². The van der Waals surface area contributed by atoms with Crippen molar-refractivity contribution in [1.82, 2.24) is 9.88 Å². The number of aromatic nitrogens is 1. The van der Waals surface area contributed by atoms with Gasteiger partial charge in [0.1, 0.15) is 11.6 Å². The molecule has 2 N–H and O–H groups in total. The van der Waals surface area contributed by atoms with E-state index in [1.165, 1.54) is 25.3 Å². The molecule has 1 saturated heterocycles. The summed E-state index contributed by atoms with van der Waals surface area (Å²) in [5, 5.41) is 0. The summed E-state index contributed by atoms with van der Waals surface area (Å²) in [5.41, 5.74) is 7.74.